The van der Waals surface area contributed by atoms with Crippen LogP contribution in [0.2, 0.25) is 0 Å². The molecular formula is C38H40O6. The van der Waals surface area contributed by atoms with Gasteiger partial charge in [-0.2, -0.15) is 0 Å². The molecule has 6 heteroatoms. The minimum atomic E-state index is -0.976. The van der Waals surface area contributed by atoms with Crippen LogP contribution in [0.4, 0.5) is 0 Å². The van der Waals surface area contributed by atoms with E-state index in [2.05, 4.69) is 72.8 Å². The van der Waals surface area contributed by atoms with Gasteiger partial charge in [0.15, 0.2) is 5.79 Å². The summed E-state index contributed by atoms with van der Waals surface area (Å²) in [5.74, 6) is 2.72. The quantitative estimate of drug-likeness (QED) is 0.159. The second-order valence-corrected chi connectivity index (χ2v) is 12.1. The van der Waals surface area contributed by atoms with E-state index in [1.807, 2.05) is 24.3 Å². The number of hydrogen-bond acceptors (Lipinski definition) is 6. The molecule has 0 aromatic heterocycles. The maximum Gasteiger partial charge on any atom is 0.191 e. The first kappa shape index (κ1) is 28.8. The first-order valence-electron chi connectivity index (χ1n) is 15.4. The predicted octanol–water partition coefficient (Wildman–Crippen LogP) is 7.47. The molecule has 0 amide bonds. The Hall–Kier alpha value is -4.00. The topological polar surface area (TPSA) is 55.4 Å². The molecule has 44 heavy (non-hydrogen) atoms. The van der Waals surface area contributed by atoms with Crippen LogP contribution >= 0.6 is 0 Å². The second kappa shape index (κ2) is 11.2. The summed E-state index contributed by atoms with van der Waals surface area (Å²) in [6, 6.07) is 33.2. The molecule has 0 aliphatic heterocycles. The van der Waals surface area contributed by atoms with Crippen molar-refractivity contribution in [1.29, 1.82) is 0 Å². The molecule has 4 aromatic carbocycles. The molecule has 228 valence electrons. The van der Waals surface area contributed by atoms with Crippen LogP contribution < -0.4 is 18.9 Å². The fraction of sp³-hybridized carbons (Fsp3) is 0.368. The van der Waals surface area contributed by atoms with Gasteiger partial charge in [0, 0.05) is 12.1 Å². The number of benzene rings is 4. The molecule has 0 heterocycles. The van der Waals surface area contributed by atoms with Crippen LogP contribution in [0.5, 0.6) is 23.0 Å². The number of hydrogen-bond donors (Lipinski definition) is 0. The molecule has 0 bridgehead atoms. The second-order valence-electron chi connectivity index (χ2n) is 12.1. The van der Waals surface area contributed by atoms with Crippen molar-refractivity contribution in [3.8, 4) is 23.0 Å². The van der Waals surface area contributed by atoms with Gasteiger partial charge in [0.1, 0.15) is 23.0 Å². The van der Waals surface area contributed by atoms with Crippen LogP contribution in [-0.2, 0) is 33.5 Å². The van der Waals surface area contributed by atoms with E-state index >= 15 is 0 Å². The fourth-order valence-corrected chi connectivity index (χ4v) is 8.87. The summed E-state index contributed by atoms with van der Waals surface area (Å²) in [6.07, 6.45) is 3.35. The number of ether oxygens (including phenoxy) is 6. The first-order valence-corrected chi connectivity index (χ1v) is 15.4. The van der Waals surface area contributed by atoms with Crippen molar-refractivity contribution in [2.75, 3.05) is 28.4 Å². The molecule has 0 N–H and O–H groups in total. The van der Waals surface area contributed by atoms with Crippen molar-refractivity contribution in [1.82, 2.24) is 0 Å². The molecule has 3 aliphatic carbocycles. The van der Waals surface area contributed by atoms with Crippen LogP contribution in [0.1, 0.15) is 41.5 Å². The van der Waals surface area contributed by atoms with Gasteiger partial charge in [0.25, 0.3) is 0 Å². The maximum atomic E-state index is 7.30. The summed E-state index contributed by atoms with van der Waals surface area (Å²) in [4.78, 5) is 0. The summed E-state index contributed by atoms with van der Waals surface area (Å²) in [5.41, 5.74) is 3.43. The van der Waals surface area contributed by atoms with Crippen molar-refractivity contribution in [2.45, 2.75) is 49.1 Å². The lowest BCUT2D eigenvalue weighted by Gasteiger charge is -2.47. The molecule has 0 radical (unpaired) electrons. The number of rotatable bonds is 12. The Kier molecular flexibility index (Phi) is 7.30. The van der Waals surface area contributed by atoms with Crippen LogP contribution in [-0.4, -0.2) is 34.2 Å². The molecule has 3 saturated carbocycles. The van der Waals surface area contributed by atoms with Crippen molar-refractivity contribution in [2.24, 2.45) is 11.8 Å². The molecule has 6 nitrogen and oxygen atoms in total. The summed E-state index contributed by atoms with van der Waals surface area (Å²) in [7, 11) is 6.81. The van der Waals surface area contributed by atoms with Gasteiger partial charge < -0.3 is 28.4 Å². The van der Waals surface area contributed by atoms with Crippen LogP contribution in [0.3, 0.4) is 0 Å². The lowest BCUT2D eigenvalue weighted by Crippen LogP contribution is -2.49. The Bertz CT molecular complexity index is 1460. The minimum Gasteiger partial charge on any atom is -0.497 e. The Balaban J connectivity index is 1.48. The maximum absolute atomic E-state index is 7.30. The van der Waals surface area contributed by atoms with Gasteiger partial charge in [-0.05, 0) is 71.2 Å². The van der Waals surface area contributed by atoms with Crippen LogP contribution in [0.15, 0.2) is 97.1 Å². The normalized spacial score (nSPS) is 25.7. The van der Waals surface area contributed by atoms with Crippen LogP contribution in [0, 0.1) is 11.8 Å². The standard InChI is InChI=1S/C38H40O6/c1-39-30-18-28(19-31(22-30)40-2)36-34-16-11-17-35(34)37(36,29-20-32(41-3)23-33(21-29)42-4)38(36,43-24-26-12-7-5-8-13-26)44-25-27-14-9-6-10-15-27/h5-10,12-15,18-23,34-35H,11,16-17,24-25H2,1-4H3. The third kappa shape index (κ3) is 3.93. The van der Waals surface area contributed by atoms with Crippen molar-refractivity contribution >= 4 is 0 Å². The SMILES string of the molecule is COc1cc(OC)cc(C23C4CCCC4C2(c2cc(OC)cc(OC)c2)C3(OCc2ccccc2)OCc2ccccc2)c1. The highest BCUT2D eigenvalue weighted by Gasteiger charge is 3.02. The van der Waals surface area contributed by atoms with E-state index in [0.717, 1.165) is 64.5 Å². The zero-order valence-corrected chi connectivity index (χ0v) is 25.9. The van der Waals surface area contributed by atoms with Gasteiger partial charge in [-0.25, -0.2) is 0 Å². The Morgan fingerprint density at radius 1 is 0.523 bits per heavy atom. The third-order valence-electron chi connectivity index (χ3n) is 10.4. The highest BCUT2D eigenvalue weighted by molar-refractivity contribution is 5.69. The van der Waals surface area contributed by atoms with E-state index in [1.54, 1.807) is 28.4 Å². The lowest BCUT2D eigenvalue weighted by molar-refractivity contribution is -0.202. The van der Waals surface area contributed by atoms with E-state index in [4.69, 9.17) is 28.4 Å². The third-order valence-corrected chi connectivity index (χ3v) is 10.4. The first-order chi connectivity index (χ1) is 21.6. The van der Waals surface area contributed by atoms with Gasteiger partial charge in [-0.1, -0.05) is 67.1 Å². The molecule has 7 rings (SSSR count). The molecule has 4 unspecified atom stereocenters. The molecular weight excluding hydrogens is 552 g/mol. The molecule has 0 spiro atoms. The summed E-state index contributed by atoms with van der Waals surface area (Å²) < 4.78 is 37.9. The monoisotopic (exact) mass is 592 g/mol. The van der Waals surface area contributed by atoms with Crippen LogP contribution in [0.25, 0.3) is 0 Å². The zero-order valence-electron chi connectivity index (χ0n) is 25.9. The number of methoxy groups -OCH3 is 4. The van der Waals surface area contributed by atoms with Gasteiger partial charge in [0.05, 0.1) is 52.5 Å². The van der Waals surface area contributed by atoms with E-state index in [-0.39, 0.29) is 0 Å². The van der Waals surface area contributed by atoms with Crippen molar-refractivity contribution in [3.05, 3.63) is 119 Å². The lowest BCUT2D eigenvalue weighted by atomic mass is 9.54. The van der Waals surface area contributed by atoms with Gasteiger partial charge in [-0.15, -0.1) is 0 Å². The molecule has 4 atom stereocenters. The molecule has 3 aliphatic rings. The summed E-state index contributed by atoms with van der Waals surface area (Å²) >= 11 is 0. The van der Waals surface area contributed by atoms with Crippen molar-refractivity contribution in [3.63, 3.8) is 0 Å². The van der Waals surface area contributed by atoms with E-state index in [1.165, 1.54) is 0 Å². The van der Waals surface area contributed by atoms with Crippen molar-refractivity contribution < 1.29 is 28.4 Å². The average Bonchev–Trinajstić information content (AvgIpc) is 3.25. The van der Waals surface area contributed by atoms with E-state index in [9.17, 15) is 0 Å². The largest absolute Gasteiger partial charge is 0.497 e. The average molecular weight is 593 g/mol. The molecule has 4 aromatic rings. The highest BCUT2D eigenvalue weighted by Crippen LogP contribution is 2.92. The Labute approximate surface area is 259 Å². The minimum absolute atomic E-state index is 0.350. The fourth-order valence-electron chi connectivity index (χ4n) is 8.87. The summed E-state index contributed by atoms with van der Waals surface area (Å²) in [5, 5.41) is 0. The zero-order chi connectivity index (χ0) is 30.4. The van der Waals surface area contributed by atoms with Gasteiger partial charge in [0.2, 0.25) is 0 Å². The smallest absolute Gasteiger partial charge is 0.191 e. The van der Waals surface area contributed by atoms with E-state index < -0.39 is 16.6 Å². The molecule has 3 fully saturated rings. The Morgan fingerprint density at radius 3 is 1.23 bits per heavy atom. The predicted molar refractivity (Wildman–Crippen MR) is 168 cm³/mol. The number of fused-ring (bicyclic) bond motifs is 4. The Morgan fingerprint density at radius 2 is 0.886 bits per heavy atom. The van der Waals surface area contributed by atoms with Gasteiger partial charge >= 0.3 is 0 Å². The van der Waals surface area contributed by atoms with Gasteiger partial charge in [-0.3, -0.25) is 0 Å². The summed E-state index contributed by atoms with van der Waals surface area (Å²) in [6.45, 7) is 0.835. The van der Waals surface area contributed by atoms with E-state index in [0.29, 0.717) is 25.0 Å². The molecule has 0 saturated heterocycles. The highest BCUT2D eigenvalue weighted by atomic mass is 16.7.